The number of ether oxygens (including phenoxy) is 3. The topological polar surface area (TPSA) is 315 Å². The average molecular weight is 1580 g/mol. The number of nitrogens with zero attached hydrogens (tertiary/aromatic N) is 9. The number of aliphatic hydroxyl groups excluding tert-OH is 1. The van der Waals surface area contributed by atoms with Crippen molar-refractivity contribution in [1.29, 1.82) is 15.8 Å². The van der Waals surface area contributed by atoms with Crippen molar-refractivity contribution >= 4 is 44.1 Å². The predicted molar refractivity (Wildman–Crippen MR) is 390 cm³/mol. The van der Waals surface area contributed by atoms with Gasteiger partial charge in [0.1, 0.15) is 23.9 Å². The van der Waals surface area contributed by atoms with E-state index in [1.807, 2.05) is 136 Å². The van der Waals surface area contributed by atoms with Crippen LogP contribution in [0.1, 0.15) is 122 Å². The minimum Gasteiger partial charge on any atom is -0.462 e. The molecule has 18 atom stereocenters. The summed E-state index contributed by atoms with van der Waals surface area (Å²) < 4.78 is 16.6. The van der Waals surface area contributed by atoms with E-state index in [1.54, 1.807) is 31.5 Å². The van der Waals surface area contributed by atoms with Crippen LogP contribution < -0.4 is 5.73 Å². The number of hydrogen-bond acceptors (Lipinski definition) is 15. The van der Waals surface area contributed by atoms with Crippen LogP contribution in [0.25, 0.3) is 62.1 Å². The second kappa shape index (κ2) is 36.7. The first kappa shape index (κ1) is 81.2. The van der Waals surface area contributed by atoms with Gasteiger partial charge in [-0.15, -0.1) is 7.92 Å². The van der Waals surface area contributed by atoms with Gasteiger partial charge in [0.25, 0.3) is 0 Å². The quantitative estimate of drug-likeness (QED) is 0.0322. The maximum Gasteiger partial charge on any atom is 0.326 e. The van der Waals surface area contributed by atoms with Gasteiger partial charge in [-0.05, 0) is 180 Å². The van der Waals surface area contributed by atoms with E-state index in [9.17, 15) is 35.7 Å². The smallest absolute Gasteiger partial charge is 0.326 e. The molecule has 3 aromatic carbocycles. The number of nitriles is 3. The summed E-state index contributed by atoms with van der Waals surface area (Å²) in [6, 6.07) is 40.9. The summed E-state index contributed by atoms with van der Waals surface area (Å²) in [7, 11) is 0.380. The third kappa shape index (κ3) is 18.3. The molecule has 6 fully saturated rings. The molecule has 3 aliphatic heterocycles. The van der Waals surface area contributed by atoms with Crippen LogP contribution >= 0.6 is 7.92 Å². The summed E-state index contributed by atoms with van der Waals surface area (Å²) in [4.78, 5) is 54.1. The van der Waals surface area contributed by atoms with Gasteiger partial charge in [-0.25, -0.2) is 0 Å². The van der Waals surface area contributed by atoms with Crippen LogP contribution in [0.3, 0.4) is 0 Å². The largest absolute Gasteiger partial charge is 0.462 e. The molecule has 3 aromatic heterocycles. The summed E-state index contributed by atoms with van der Waals surface area (Å²) in [5.74, 6) is 1.93. The molecule has 0 bridgehead atoms. The number of fused-ring (bicyclic) bond motifs is 3. The number of cyclic esters (lactones) is 3. The third-order valence-electron chi connectivity index (χ3n) is 20.9. The maximum absolute atomic E-state index is 12.7. The molecule has 100 heavy (non-hydrogen) atoms. The minimum atomic E-state index is -1.15. The van der Waals surface area contributed by atoms with Crippen LogP contribution in [0, 0.1) is 155 Å². The summed E-state index contributed by atoms with van der Waals surface area (Å²) in [6.07, 6.45) is 19.4. The first-order valence-corrected chi connectivity index (χ1v) is 36.7. The van der Waals surface area contributed by atoms with Crippen molar-refractivity contribution in [1.82, 2.24) is 15.0 Å². The van der Waals surface area contributed by atoms with E-state index in [-0.39, 0.29) is 134 Å². The fourth-order valence-electron chi connectivity index (χ4n) is 15.6. The molecule has 6 aromatic rings. The monoisotopic (exact) mass is 1580 g/mol. The van der Waals surface area contributed by atoms with Gasteiger partial charge in [0.2, 0.25) is 0 Å². The number of benzene rings is 3. The minimum absolute atomic E-state index is 0. The molecule has 1 radical (unpaired) electrons. The first-order valence-electron chi connectivity index (χ1n) is 34.0. The van der Waals surface area contributed by atoms with Gasteiger partial charge >= 0.3 is 17.9 Å². The zero-order valence-electron chi connectivity index (χ0n) is 59.7. The Bertz CT molecular complexity index is 4050. The number of azide groups is 1. The van der Waals surface area contributed by atoms with Crippen LogP contribution in [-0.4, -0.2) is 99.4 Å². The number of allylic oxidation sites excluding steroid dienone is 3. The summed E-state index contributed by atoms with van der Waals surface area (Å²) in [5, 5.41) is 39.5. The van der Waals surface area contributed by atoms with Crippen molar-refractivity contribution < 1.29 is 83.2 Å². The van der Waals surface area contributed by atoms with Crippen molar-refractivity contribution in [3.05, 3.63) is 190 Å². The molecular formula is C80H95AcN10O8P. The number of carbonyl (C=O) groups is 3. The Balaban J connectivity index is 0.000000223. The fraction of sp³-hybridized carbons (Fsp3) is 0.438. The Hall–Kier alpha value is -7.73. The zero-order chi connectivity index (χ0) is 71.2. The van der Waals surface area contributed by atoms with Crippen LogP contribution in [-0.2, 0) is 28.6 Å². The number of rotatable bonds is 10. The number of pyridine rings is 3. The van der Waals surface area contributed by atoms with E-state index in [4.69, 9.17) is 25.1 Å². The second-order valence-corrected chi connectivity index (χ2v) is 30.4. The number of nitrogens with two attached hydrogens (primary N) is 1. The Kier molecular flexibility index (Phi) is 29.9. The first-order chi connectivity index (χ1) is 46.9. The molecule has 0 amide bonds. The summed E-state index contributed by atoms with van der Waals surface area (Å²) in [6.45, 7) is 27.6. The standard InChI is InChI=1S/C25H25N5O2.C25H27N3O2.C25H26N2O2.C3H9P.C2H6O.Ac.H2O/c1-15-12-25(29-30-27)23(17(3)32-24(25)31)21(16(15)2)11-10-20-9-8-19(14-28-20)22-7-5-4-6-18(22)13-26;1-15-12-25(27)23(17(3)30-24(25)29)21(16(15)2)11-10-20-9-8-19(14-28-20)22-7-5-4-6-18(22)13-26;1-15-12-23-24(17(3)29-25(23)28)21(16(15)2)11-10-20-9-8-19(14-27-20)22-7-5-4-6-18(22)13-26;1-4(2)3;1-2-3;;/h4-11,14-17,21,23H,12H2,1-3H3;4-11,14-17,21,23H,12,27H2,1-3H3;4-11,14-17,21,23-24H,12H2,1-3H3;1-3H3;3H,2H2,1H3;;1H2/b3*11-10+;;;;/t2*15-,16+,17+,21-,23-,25-;15-,16+,17+,21-,23+,24-;;;;/m000..../s1. The molecule has 18 nitrogen and oxygen atoms in total. The van der Waals surface area contributed by atoms with Crippen molar-refractivity contribution in [3.8, 4) is 51.6 Å². The molecule has 20 heteroatoms. The van der Waals surface area contributed by atoms with Crippen LogP contribution in [0.4, 0.5) is 0 Å². The van der Waals surface area contributed by atoms with Gasteiger partial charge in [0, 0.05) is 125 Å². The Morgan fingerprint density at radius 3 is 1.35 bits per heavy atom. The number of esters is 3. The van der Waals surface area contributed by atoms with Crippen LogP contribution in [0.15, 0.2) is 151 Å². The van der Waals surface area contributed by atoms with E-state index in [0.29, 0.717) is 67.0 Å². The Morgan fingerprint density at radius 1 is 0.580 bits per heavy atom. The molecule has 0 unspecified atom stereocenters. The number of carbonyl (C=O) groups excluding carboxylic acids is 3. The normalized spacial score (nSPS) is 29.6. The van der Waals surface area contributed by atoms with Gasteiger partial charge in [-0.3, -0.25) is 29.3 Å². The SMILES string of the molecule is CCO.CP(C)C.C[C@H]1[C@H](/C=C/c2ccc(-c3ccccc3C#N)cn2)[C@@H]2[C@@H](C)OC(=O)[C@@H]2C[C@@H]1C.C[C@H]1[C@H](/C=C/c2ccc(-c3ccccc3C#N)cn2)[C@@H]2[C@@H](C)OC(=O)[C@]2(N)C[C@@H]1C.C[C@H]1[C@H](/C=C/c2ccc(-c3ccccc3C#N)cn2)[C@@H]2[C@@H](C)OC(=O)[C@]2(N=[N+]=[N-])C[C@@H]1C.O.[Ac]. The molecular weight excluding hydrogens is 1490 g/mol. The molecule has 6 heterocycles. The molecule has 521 valence electrons. The summed E-state index contributed by atoms with van der Waals surface area (Å²) >= 11 is 0. The Morgan fingerprint density at radius 2 is 0.950 bits per heavy atom. The molecule has 3 saturated carbocycles. The van der Waals surface area contributed by atoms with E-state index in [0.717, 1.165) is 56.9 Å². The second-order valence-electron chi connectivity index (χ2n) is 27.8. The van der Waals surface area contributed by atoms with Gasteiger partial charge in [0.15, 0.2) is 5.54 Å². The maximum atomic E-state index is 12.7. The van der Waals surface area contributed by atoms with E-state index in [1.165, 1.54) is 0 Å². The van der Waals surface area contributed by atoms with Crippen molar-refractivity contribution in [3.63, 3.8) is 0 Å². The van der Waals surface area contributed by atoms with Crippen LogP contribution in [0.5, 0.6) is 0 Å². The Labute approximate surface area is 627 Å². The van der Waals surface area contributed by atoms with Crippen molar-refractivity contribution in [2.24, 2.45) is 87.8 Å². The molecule has 3 aliphatic carbocycles. The molecule has 6 aliphatic rings. The van der Waals surface area contributed by atoms with Crippen LogP contribution in [0.2, 0.25) is 0 Å². The van der Waals surface area contributed by atoms with E-state index >= 15 is 0 Å². The van der Waals surface area contributed by atoms with Gasteiger partial charge in [-0.2, -0.15) is 15.8 Å². The third-order valence-corrected chi connectivity index (χ3v) is 20.9. The summed E-state index contributed by atoms with van der Waals surface area (Å²) in [5.41, 5.74) is 23.4. The van der Waals surface area contributed by atoms with Crippen molar-refractivity contribution in [2.75, 3.05) is 26.6 Å². The predicted octanol–water partition coefficient (Wildman–Crippen LogP) is 15.4. The number of aromatic nitrogens is 3. The zero-order valence-corrected chi connectivity index (χ0v) is 65.3. The van der Waals surface area contributed by atoms with E-state index in [2.05, 4.69) is 129 Å². The van der Waals surface area contributed by atoms with E-state index < -0.39 is 17.0 Å². The molecule has 12 rings (SSSR count). The van der Waals surface area contributed by atoms with Crippen molar-refractivity contribution in [2.45, 2.75) is 118 Å². The molecule has 5 N–H and O–H groups in total. The number of hydrogen-bond donors (Lipinski definition) is 2. The fourth-order valence-corrected chi connectivity index (χ4v) is 15.6. The molecule has 0 spiro atoms. The van der Waals surface area contributed by atoms with Gasteiger partial charge < -0.3 is 30.5 Å². The van der Waals surface area contributed by atoms with Gasteiger partial charge in [-0.1, -0.05) is 138 Å². The average Bonchev–Trinajstić information content (AvgIpc) is 1.58. The molecule has 3 saturated heterocycles. The van der Waals surface area contributed by atoms with Gasteiger partial charge in [0.05, 0.1) is 57.9 Å². The number of aliphatic hydroxyl groups is 1.